The largest absolute Gasteiger partial charge is 0.387 e. The lowest BCUT2D eigenvalue weighted by atomic mass is 10.0. The first kappa shape index (κ1) is 49.5. The Hall–Kier alpha value is -1.48. The Morgan fingerprint density at radius 2 is 0.882 bits per heavy atom. The van der Waals surface area contributed by atoms with Crippen LogP contribution in [-0.4, -0.2) is 53.1 Å². The maximum Gasteiger partial charge on any atom is 0.267 e. The van der Waals surface area contributed by atoms with Crippen LogP contribution in [-0.2, 0) is 14.9 Å². The molecule has 0 saturated heterocycles. The number of allylic oxidation sites excluding steroid dienone is 5. The molecule has 0 aromatic rings. The highest BCUT2D eigenvalue weighted by Gasteiger charge is 2.27. The molecule has 0 heterocycles. The van der Waals surface area contributed by atoms with Gasteiger partial charge in [0.15, 0.2) is 0 Å². The lowest BCUT2D eigenvalue weighted by Crippen LogP contribution is -2.50. The van der Waals surface area contributed by atoms with Crippen molar-refractivity contribution in [2.45, 2.75) is 225 Å². The molecule has 0 fully saturated rings. The monoisotopic (exact) mass is 740 g/mol. The van der Waals surface area contributed by atoms with Crippen molar-refractivity contribution < 1.29 is 28.0 Å². The number of aliphatic hydroxyl groups excluding tert-OH is 2. The molecule has 0 aromatic heterocycles. The van der Waals surface area contributed by atoms with Crippen LogP contribution in [0.2, 0.25) is 0 Å². The van der Waals surface area contributed by atoms with Gasteiger partial charge in [0.05, 0.1) is 17.9 Å². The lowest BCUT2D eigenvalue weighted by Gasteiger charge is -2.22. The van der Waals surface area contributed by atoms with Gasteiger partial charge in [0.1, 0.15) is 6.10 Å². The molecule has 3 atom stereocenters. The Labute approximate surface area is 315 Å². The van der Waals surface area contributed by atoms with Crippen LogP contribution >= 0.6 is 0 Å². The van der Waals surface area contributed by atoms with Crippen LogP contribution in [0, 0.1) is 0 Å². The van der Waals surface area contributed by atoms with Crippen LogP contribution in [0.15, 0.2) is 36.5 Å². The van der Waals surface area contributed by atoms with Crippen LogP contribution in [0.25, 0.3) is 0 Å². The van der Waals surface area contributed by atoms with Gasteiger partial charge in [0, 0.05) is 0 Å². The molecule has 0 aliphatic rings. The highest BCUT2D eigenvalue weighted by molar-refractivity contribution is 7.85. The van der Waals surface area contributed by atoms with Crippen LogP contribution in [0.1, 0.15) is 206 Å². The third-order valence-electron chi connectivity index (χ3n) is 9.65. The number of nitrogens with one attached hydrogen (secondary N) is 1. The minimum atomic E-state index is -4.45. The molecule has 0 saturated carbocycles. The molecule has 0 aliphatic heterocycles. The maximum atomic E-state index is 12.6. The molecule has 7 nitrogen and oxygen atoms in total. The topological polar surface area (TPSA) is 124 Å². The highest BCUT2D eigenvalue weighted by Crippen LogP contribution is 2.14. The smallest absolute Gasteiger partial charge is 0.267 e. The summed E-state index contributed by atoms with van der Waals surface area (Å²) < 4.78 is 32.5. The summed E-state index contributed by atoms with van der Waals surface area (Å²) in [5, 5.41) is 23.4. The van der Waals surface area contributed by atoms with Crippen molar-refractivity contribution in [1.29, 1.82) is 0 Å². The van der Waals surface area contributed by atoms with Crippen LogP contribution in [0.5, 0.6) is 0 Å². The average molecular weight is 740 g/mol. The number of carbonyl (C=O) groups excluding carboxylic acids is 1. The molecule has 0 radical (unpaired) electrons. The molecule has 300 valence electrons. The predicted octanol–water partition coefficient (Wildman–Crippen LogP) is 11.5. The molecule has 0 bridgehead atoms. The Kier molecular flexibility index (Phi) is 35.8. The summed E-state index contributed by atoms with van der Waals surface area (Å²) in [5.74, 6) is -1.56. The van der Waals surface area contributed by atoms with Gasteiger partial charge in [-0.3, -0.25) is 9.35 Å². The molecular weight excluding hydrogens is 659 g/mol. The summed E-state index contributed by atoms with van der Waals surface area (Å²) in [6.45, 7) is 4.51. The fourth-order valence-electron chi connectivity index (χ4n) is 6.35. The Morgan fingerprint density at radius 1 is 0.529 bits per heavy atom. The SMILES string of the molecule is CCCCCCCCCCC/C=C\CCCCCCCCC(O)C(=O)NC(CS(=O)(=O)O)C(O)/C=C/CC/C=C/CCCCCCCCCCC. The van der Waals surface area contributed by atoms with Crippen molar-refractivity contribution in [2.24, 2.45) is 0 Å². The Bertz CT molecular complexity index is 964. The second-order valence-electron chi connectivity index (χ2n) is 14.8. The van der Waals surface area contributed by atoms with E-state index in [2.05, 4.69) is 43.5 Å². The number of amides is 1. The summed E-state index contributed by atoms with van der Waals surface area (Å²) in [6.07, 6.45) is 44.9. The maximum absolute atomic E-state index is 12.6. The quantitative estimate of drug-likeness (QED) is 0.0284. The number of unbranched alkanes of at least 4 members (excludes halogenated alkanes) is 25. The molecule has 1 amide bonds. The molecule has 3 unspecified atom stereocenters. The van der Waals surface area contributed by atoms with Gasteiger partial charge in [0.25, 0.3) is 10.1 Å². The number of hydrogen-bond acceptors (Lipinski definition) is 5. The second kappa shape index (κ2) is 36.9. The minimum Gasteiger partial charge on any atom is -0.387 e. The predicted molar refractivity (Wildman–Crippen MR) is 218 cm³/mol. The van der Waals surface area contributed by atoms with Crippen molar-refractivity contribution in [1.82, 2.24) is 5.32 Å². The van der Waals surface area contributed by atoms with Crippen LogP contribution in [0.3, 0.4) is 0 Å². The summed E-state index contributed by atoms with van der Waals surface area (Å²) in [6, 6.07) is -1.25. The highest BCUT2D eigenvalue weighted by atomic mass is 32.2. The molecule has 0 aromatic carbocycles. The summed E-state index contributed by atoms with van der Waals surface area (Å²) in [5.41, 5.74) is 0. The standard InChI is InChI=1S/C43H81NO6S/c1-3-5-7-9-11-13-15-17-19-20-21-22-24-26-28-30-32-34-36-38-42(46)43(47)44-40(39-51(48,49)50)41(45)37-35-33-31-29-27-25-23-18-16-14-12-10-8-6-4-2/h21-22,27,29,35,37,40-42,45-46H,3-20,23-26,28,30-34,36,38-39H2,1-2H3,(H,44,47)(H,48,49,50)/b22-21-,29-27+,37-35+. The minimum absolute atomic E-state index is 0.267. The number of hydrogen-bond donors (Lipinski definition) is 4. The van der Waals surface area contributed by atoms with E-state index in [1.54, 1.807) is 6.08 Å². The van der Waals surface area contributed by atoms with E-state index in [1.165, 1.54) is 141 Å². The van der Waals surface area contributed by atoms with Crippen molar-refractivity contribution in [2.75, 3.05) is 5.75 Å². The zero-order valence-corrected chi connectivity index (χ0v) is 33.9. The van der Waals surface area contributed by atoms with Gasteiger partial charge in [-0.1, -0.05) is 185 Å². The number of carbonyl (C=O) groups is 1. The van der Waals surface area contributed by atoms with Crippen molar-refractivity contribution in [3.63, 3.8) is 0 Å². The van der Waals surface area contributed by atoms with Gasteiger partial charge >= 0.3 is 0 Å². The van der Waals surface area contributed by atoms with E-state index in [-0.39, 0.29) is 6.42 Å². The van der Waals surface area contributed by atoms with E-state index in [1.807, 2.05) is 0 Å². The summed E-state index contributed by atoms with van der Waals surface area (Å²) >= 11 is 0. The van der Waals surface area contributed by atoms with E-state index < -0.39 is 40.0 Å². The summed E-state index contributed by atoms with van der Waals surface area (Å²) in [7, 11) is -4.45. The van der Waals surface area contributed by atoms with E-state index in [0.29, 0.717) is 12.8 Å². The fraction of sp³-hybridized carbons (Fsp3) is 0.837. The summed E-state index contributed by atoms with van der Waals surface area (Å²) in [4.78, 5) is 12.6. The molecule has 0 rings (SSSR count). The van der Waals surface area contributed by atoms with Gasteiger partial charge in [0.2, 0.25) is 5.91 Å². The van der Waals surface area contributed by atoms with E-state index in [0.717, 1.165) is 38.5 Å². The third kappa shape index (κ3) is 36.7. The van der Waals surface area contributed by atoms with Gasteiger partial charge in [-0.2, -0.15) is 8.42 Å². The normalized spacial score (nSPS) is 14.2. The van der Waals surface area contributed by atoms with E-state index in [9.17, 15) is 28.0 Å². The molecular formula is C43H81NO6S. The molecule has 51 heavy (non-hydrogen) atoms. The van der Waals surface area contributed by atoms with Crippen LogP contribution in [0.4, 0.5) is 0 Å². The Morgan fingerprint density at radius 3 is 1.29 bits per heavy atom. The Balaban J connectivity index is 4.06. The van der Waals surface area contributed by atoms with Crippen molar-refractivity contribution >= 4 is 16.0 Å². The van der Waals surface area contributed by atoms with Crippen LogP contribution < -0.4 is 5.32 Å². The first-order valence-corrected chi connectivity index (χ1v) is 22.9. The first-order chi connectivity index (χ1) is 24.7. The van der Waals surface area contributed by atoms with Crippen molar-refractivity contribution in [3.05, 3.63) is 36.5 Å². The van der Waals surface area contributed by atoms with Gasteiger partial charge in [-0.15, -0.1) is 0 Å². The van der Waals surface area contributed by atoms with E-state index in [4.69, 9.17) is 0 Å². The number of rotatable bonds is 38. The van der Waals surface area contributed by atoms with E-state index >= 15 is 0 Å². The fourth-order valence-corrected chi connectivity index (χ4v) is 7.08. The molecule has 0 aliphatic carbocycles. The molecule has 8 heteroatoms. The zero-order chi connectivity index (χ0) is 37.7. The third-order valence-corrected chi connectivity index (χ3v) is 10.4. The second-order valence-corrected chi connectivity index (χ2v) is 16.2. The number of aliphatic hydroxyl groups is 2. The average Bonchev–Trinajstić information content (AvgIpc) is 3.09. The van der Waals surface area contributed by atoms with Gasteiger partial charge in [-0.05, 0) is 57.8 Å². The lowest BCUT2D eigenvalue weighted by molar-refractivity contribution is -0.130. The molecule has 0 spiro atoms. The first-order valence-electron chi connectivity index (χ1n) is 21.3. The zero-order valence-electron chi connectivity index (χ0n) is 33.1. The van der Waals surface area contributed by atoms with Gasteiger partial charge in [-0.25, -0.2) is 0 Å². The van der Waals surface area contributed by atoms with Crippen molar-refractivity contribution in [3.8, 4) is 0 Å². The van der Waals surface area contributed by atoms with Gasteiger partial charge < -0.3 is 15.5 Å². The molecule has 4 N–H and O–H groups in total.